The van der Waals surface area contributed by atoms with Crippen molar-refractivity contribution in [3.05, 3.63) is 53.7 Å². The smallest absolute Gasteiger partial charge is 0.216 e. The number of halogens is 1. The molecule has 0 radical (unpaired) electrons. The lowest BCUT2D eigenvalue weighted by Crippen LogP contribution is -2.50. The number of nitrogens with one attached hydrogen (secondary N) is 1. The number of benzene rings is 1. The number of aromatic nitrogens is 1. The molecule has 2 fully saturated rings. The van der Waals surface area contributed by atoms with Crippen molar-refractivity contribution < 1.29 is 9.15 Å². The number of oxazole rings is 1. The number of morpholine rings is 1. The van der Waals surface area contributed by atoms with Gasteiger partial charge in [-0.2, -0.15) is 0 Å². The maximum absolute atomic E-state index is 6.13. The van der Waals surface area contributed by atoms with Gasteiger partial charge in [0.1, 0.15) is 12.3 Å². The van der Waals surface area contributed by atoms with Gasteiger partial charge >= 0.3 is 0 Å². The van der Waals surface area contributed by atoms with Crippen LogP contribution in [0.2, 0.25) is 0 Å². The van der Waals surface area contributed by atoms with Gasteiger partial charge in [-0.3, -0.25) is 4.90 Å². The Labute approximate surface area is 208 Å². The minimum Gasteiger partial charge on any atom is -0.443 e. The Morgan fingerprint density at radius 2 is 2.00 bits per heavy atom. The molecule has 0 amide bonds. The van der Waals surface area contributed by atoms with Crippen LogP contribution in [0.25, 0.3) is 0 Å². The van der Waals surface area contributed by atoms with Crippen LogP contribution in [0.5, 0.6) is 0 Å². The Kier molecular flexibility index (Phi) is 8.57. The molecule has 2 unspecified atom stereocenters. The van der Waals surface area contributed by atoms with Crippen LogP contribution >= 0.6 is 24.0 Å². The van der Waals surface area contributed by atoms with Gasteiger partial charge in [-0.05, 0) is 12.5 Å². The quantitative estimate of drug-likeness (QED) is 0.347. The largest absolute Gasteiger partial charge is 0.443 e. The van der Waals surface area contributed by atoms with E-state index in [4.69, 9.17) is 14.1 Å². The normalized spacial score (nSPS) is 21.9. The van der Waals surface area contributed by atoms with Gasteiger partial charge in [-0.15, -0.1) is 24.0 Å². The Morgan fingerprint density at radius 3 is 2.69 bits per heavy atom. The summed E-state index contributed by atoms with van der Waals surface area (Å²) in [6.07, 6.45) is 2.02. The summed E-state index contributed by atoms with van der Waals surface area (Å²) in [6, 6.07) is 11.1. The van der Waals surface area contributed by atoms with E-state index in [1.165, 1.54) is 5.56 Å². The molecule has 0 saturated carbocycles. The van der Waals surface area contributed by atoms with Crippen molar-refractivity contribution in [2.45, 2.75) is 58.3 Å². The Bertz CT molecular complexity index is 880. The van der Waals surface area contributed by atoms with Crippen LogP contribution in [-0.4, -0.2) is 65.7 Å². The molecule has 176 valence electrons. The Morgan fingerprint density at radius 1 is 1.22 bits per heavy atom. The first-order valence-corrected chi connectivity index (χ1v) is 11.3. The first-order valence-electron chi connectivity index (χ1n) is 11.3. The van der Waals surface area contributed by atoms with E-state index < -0.39 is 0 Å². The molecule has 0 spiro atoms. The fourth-order valence-electron chi connectivity index (χ4n) is 4.24. The average molecular weight is 553 g/mol. The highest BCUT2D eigenvalue weighted by molar-refractivity contribution is 14.0. The fraction of sp³-hybridized carbons (Fsp3) is 0.583. The highest BCUT2D eigenvalue weighted by atomic mass is 127. The number of likely N-dealkylation sites (tertiary alicyclic amines) is 1. The van der Waals surface area contributed by atoms with Crippen molar-refractivity contribution in [1.82, 2.24) is 20.1 Å². The SMILES string of the molecule is CCNC(=NCc1ncc(C(C)(C)C)o1)N1CC2OCCN(Cc3ccccc3)C2C1.I. The Balaban J connectivity index is 0.00000289. The summed E-state index contributed by atoms with van der Waals surface area (Å²) in [5.41, 5.74) is 1.30. The summed E-state index contributed by atoms with van der Waals surface area (Å²) in [5.74, 6) is 2.44. The summed E-state index contributed by atoms with van der Waals surface area (Å²) in [6.45, 7) is 14.2. The van der Waals surface area contributed by atoms with Gasteiger partial charge in [0.25, 0.3) is 0 Å². The second-order valence-corrected chi connectivity index (χ2v) is 9.38. The summed E-state index contributed by atoms with van der Waals surface area (Å²) >= 11 is 0. The minimum absolute atomic E-state index is 0. The fourth-order valence-corrected chi connectivity index (χ4v) is 4.24. The molecule has 7 nitrogen and oxygen atoms in total. The number of hydrogen-bond acceptors (Lipinski definition) is 5. The maximum atomic E-state index is 6.13. The summed E-state index contributed by atoms with van der Waals surface area (Å²) in [4.78, 5) is 14.1. The molecule has 4 rings (SSSR count). The van der Waals surface area contributed by atoms with E-state index in [0.717, 1.165) is 51.1 Å². The van der Waals surface area contributed by atoms with E-state index in [1.807, 2.05) is 6.20 Å². The number of hydrogen-bond donors (Lipinski definition) is 1. The number of rotatable bonds is 5. The molecule has 2 aromatic rings. The monoisotopic (exact) mass is 553 g/mol. The van der Waals surface area contributed by atoms with Gasteiger partial charge in [-0.1, -0.05) is 51.1 Å². The summed E-state index contributed by atoms with van der Waals surface area (Å²) < 4.78 is 12.1. The molecule has 2 atom stereocenters. The molecular formula is C24H36IN5O2. The third-order valence-electron chi connectivity index (χ3n) is 5.94. The predicted molar refractivity (Wildman–Crippen MR) is 137 cm³/mol. The average Bonchev–Trinajstić information content (AvgIpc) is 3.39. The van der Waals surface area contributed by atoms with Crippen LogP contribution < -0.4 is 5.32 Å². The second kappa shape index (κ2) is 11.0. The topological polar surface area (TPSA) is 66.1 Å². The third kappa shape index (κ3) is 6.02. The highest BCUT2D eigenvalue weighted by Gasteiger charge is 2.41. The highest BCUT2D eigenvalue weighted by Crippen LogP contribution is 2.25. The standard InChI is InChI=1S/C24H35N5O2.HI/c1-5-25-23(27-14-22-26-13-21(31-22)24(2,3)4)29-16-19-20(17-29)30-12-11-28(19)15-18-9-7-6-8-10-18;/h6-10,13,19-20H,5,11-12,14-17H2,1-4H3,(H,25,27);1H. The lowest BCUT2D eigenvalue weighted by Gasteiger charge is -2.36. The zero-order chi connectivity index (χ0) is 21.8. The third-order valence-corrected chi connectivity index (χ3v) is 5.94. The molecule has 2 aliphatic rings. The summed E-state index contributed by atoms with van der Waals surface area (Å²) in [5, 5.41) is 3.44. The van der Waals surface area contributed by atoms with E-state index >= 15 is 0 Å². The van der Waals surface area contributed by atoms with Crippen LogP contribution in [0.1, 0.15) is 44.9 Å². The van der Waals surface area contributed by atoms with Gasteiger partial charge < -0.3 is 19.4 Å². The number of nitrogens with zero attached hydrogens (tertiary/aromatic N) is 4. The van der Waals surface area contributed by atoms with E-state index in [9.17, 15) is 0 Å². The van der Waals surface area contributed by atoms with Gasteiger partial charge in [0.05, 0.1) is 24.9 Å². The lowest BCUT2D eigenvalue weighted by molar-refractivity contribution is -0.0502. The van der Waals surface area contributed by atoms with E-state index in [0.29, 0.717) is 18.5 Å². The van der Waals surface area contributed by atoms with E-state index in [2.05, 4.69) is 78.1 Å². The molecule has 0 bridgehead atoms. The van der Waals surface area contributed by atoms with Gasteiger partial charge in [0, 0.05) is 38.1 Å². The zero-order valence-electron chi connectivity index (χ0n) is 19.6. The Hall–Kier alpha value is -1.65. The van der Waals surface area contributed by atoms with Gasteiger partial charge in [-0.25, -0.2) is 9.98 Å². The van der Waals surface area contributed by atoms with Gasteiger partial charge in [0.15, 0.2) is 5.96 Å². The number of ether oxygens (including phenoxy) is 1. The van der Waals surface area contributed by atoms with Crippen LogP contribution in [0.4, 0.5) is 0 Å². The molecule has 0 aliphatic carbocycles. The maximum Gasteiger partial charge on any atom is 0.216 e. The lowest BCUT2D eigenvalue weighted by atomic mass is 9.94. The summed E-state index contributed by atoms with van der Waals surface area (Å²) in [7, 11) is 0. The number of guanidine groups is 1. The van der Waals surface area contributed by atoms with E-state index in [-0.39, 0.29) is 35.5 Å². The molecule has 3 heterocycles. The molecule has 8 heteroatoms. The first-order chi connectivity index (χ1) is 14.9. The molecule has 2 aliphatic heterocycles. The van der Waals surface area contributed by atoms with Gasteiger partial charge in [0.2, 0.25) is 5.89 Å². The van der Waals surface area contributed by atoms with Crippen molar-refractivity contribution in [2.24, 2.45) is 4.99 Å². The number of fused-ring (bicyclic) bond motifs is 1. The first kappa shape index (κ1) is 25.0. The molecule has 32 heavy (non-hydrogen) atoms. The van der Waals surface area contributed by atoms with Crippen LogP contribution in [0.3, 0.4) is 0 Å². The van der Waals surface area contributed by atoms with Crippen molar-refractivity contribution in [2.75, 3.05) is 32.8 Å². The van der Waals surface area contributed by atoms with Crippen LogP contribution in [0, 0.1) is 0 Å². The zero-order valence-corrected chi connectivity index (χ0v) is 21.9. The van der Waals surface area contributed by atoms with Crippen LogP contribution in [0.15, 0.2) is 45.9 Å². The van der Waals surface area contributed by atoms with Crippen molar-refractivity contribution in [3.8, 4) is 0 Å². The second-order valence-electron chi connectivity index (χ2n) is 9.38. The minimum atomic E-state index is -0.0519. The molecular weight excluding hydrogens is 517 g/mol. The van der Waals surface area contributed by atoms with Crippen molar-refractivity contribution in [3.63, 3.8) is 0 Å². The molecule has 1 aromatic heterocycles. The molecule has 1 aromatic carbocycles. The van der Waals surface area contributed by atoms with Crippen LogP contribution in [-0.2, 0) is 23.2 Å². The van der Waals surface area contributed by atoms with E-state index in [1.54, 1.807) is 0 Å². The predicted octanol–water partition coefficient (Wildman–Crippen LogP) is 3.64. The van der Waals surface area contributed by atoms with Crippen molar-refractivity contribution >= 4 is 29.9 Å². The van der Waals surface area contributed by atoms with Crippen molar-refractivity contribution in [1.29, 1.82) is 0 Å². The molecule has 1 N–H and O–H groups in total. The number of aliphatic imine (C=N–C) groups is 1. The molecule has 2 saturated heterocycles.